The standard InChI is InChI=1S/C13H27N3O/c1-4-13(3,12(14)17)15-11-7-6-9-16(5-2)10-8-11/h11,15H,4-10H2,1-3H3,(H2,14,17). The second kappa shape index (κ2) is 6.36. The van der Waals surface area contributed by atoms with Crippen molar-refractivity contribution in [2.75, 3.05) is 19.6 Å². The van der Waals surface area contributed by atoms with Gasteiger partial charge in [0.1, 0.15) is 0 Å². The number of hydrogen-bond donors (Lipinski definition) is 2. The predicted molar refractivity (Wildman–Crippen MR) is 70.8 cm³/mol. The van der Waals surface area contributed by atoms with Gasteiger partial charge in [0.05, 0.1) is 5.54 Å². The molecule has 1 saturated heterocycles. The first-order chi connectivity index (χ1) is 8.01. The van der Waals surface area contributed by atoms with Crippen LogP contribution in [0.1, 0.15) is 46.5 Å². The number of hydrogen-bond acceptors (Lipinski definition) is 3. The third kappa shape index (κ3) is 3.96. The molecule has 2 unspecified atom stereocenters. The van der Waals surface area contributed by atoms with Gasteiger partial charge in [0.2, 0.25) is 5.91 Å². The molecule has 1 aliphatic rings. The van der Waals surface area contributed by atoms with Crippen molar-refractivity contribution in [3.05, 3.63) is 0 Å². The summed E-state index contributed by atoms with van der Waals surface area (Å²) in [5, 5.41) is 3.46. The Bertz CT molecular complexity index is 257. The molecule has 3 N–H and O–H groups in total. The van der Waals surface area contributed by atoms with E-state index in [1.807, 2.05) is 13.8 Å². The van der Waals surface area contributed by atoms with Crippen LogP contribution in [0, 0.1) is 0 Å². The zero-order chi connectivity index (χ0) is 12.9. The summed E-state index contributed by atoms with van der Waals surface area (Å²) in [5.41, 5.74) is 4.93. The van der Waals surface area contributed by atoms with Crippen molar-refractivity contribution in [2.45, 2.75) is 58.0 Å². The fraction of sp³-hybridized carbons (Fsp3) is 0.923. The summed E-state index contributed by atoms with van der Waals surface area (Å²) < 4.78 is 0. The lowest BCUT2D eigenvalue weighted by atomic mass is 9.95. The number of nitrogens with one attached hydrogen (secondary N) is 1. The van der Waals surface area contributed by atoms with E-state index >= 15 is 0 Å². The fourth-order valence-electron chi connectivity index (χ4n) is 2.41. The highest BCUT2D eigenvalue weighted by Gasteiger charge is 2.31. The molecule has 1 rings (SSSR count). The molecule has 4 nitrogen and oxygen atoms in total. The Morgan fingerprint density at radius 1 is 1.41 bits per heavy atom. The minimum atomic E-state index is -0.550. The predicted octanol–water partition coefficient (Wildman–Crippen LogP) is 1.10. The molecule has 17 heavy (non-hydrogen) atoms. The van der Waals surface area contributed by atoms with Gasteiger partial charge in [-0.3, -0.25) is 4.79 Å². The molecule has 1 amide bonds. The average molecular weight is 241 g/mol. The van der Waals surface area contributed by atoms with E-state index in [1.165, 1.54) is 13.0 Å². The first kappa shape index (κ1) is 14.5. The monoisotopic (exact) mass is 241 g/mol. The van der Waals surface area contributed by atoms with Crippen LogP contribution in [-0.2, 0) is 4.79 Å². The Hall–Kier alpha value is -0.610. The van der Waals surface area contributed by atoms with Gasteiger partial charge < -0.3 is 16.0 Å². The Kier molecular flexibility index (Phi) is 5.40. The van der Waals surface area contributed by atoms with Crippen LogP contribution in [0.2, 0.25) is 0 Å². The summed E-state index contributed by atoms with van der Waals surface area (Å²) in [6, 6.07) is 0.420. The number of nitrogens with two attached hydrogens (primary N) is 1. The number of amides is 1. The first-order valence-corrected chi connectivity index (χ1v) is 6.81. The molecule has 0 aromatic rings. The lowest BCUT2D eigenvalue weighted by molar-refractivity contribution is -0.124. The van der Waals surface area contributed by atoms with E-state index in [-0.39, 0.29) is 5.91 Å². The molecule has 0 aromatic heterocycles. The average Bonchev–Trinajstić information content (AvgIpc) is 2.53. The van der Waals surface area contributed by atoms with Crippen LogP contribution in [0.3, 0.4) is 0 Å². The molecule has 1 aliphatic heterocycles. The van der Waals surface area contributed by atoms with Gasteiger partial charge in [-0.1, -0.05) is 13.8 Å². The molecule has 0 aromatic carbocycles. The van der Waals surface area contributed by atoms with Crippen LogP contribution in [-0.4, -0.2) is 42.0 Å². The molecule has 100 valence electrons. The normalized spacial score (nSPS) is 26.2. The highest BCUT2D eigenvalue weighted by Crippen LogP contribution is 2.16. The van der Waals surface area contributed by atoms with Crippen molar-refractivity contribution in [3.8, 4) is 0 Å². The third-order valence-corrected chi connectivity index (χ3v) is 4.04. The molecule has 0 saturated carbocycles. The topological polar surface area (TPSA) is 58.4 Å². The number of carbonyl (C=O) groups excluding carboxylic acids is 1. The quantitative estimate of drug-likeness (QED) is 0.758. The molecule has 0 spiro atoms. The highest BCUT2D eigenvalue weighted by atomic mass is 16.1. The molecule has 1 fully saturated rings. The first-order valence-electron chi connectivity index (χ1n) is 6.81. The maximum Gasteiger partial charge on any atom is 0.237 e. The van der Waals surface area contributed by atoms with Gasteiger partial charge in [0.15, 0.2) is 0 Å². The number of nitrogens with zero attached hydrogens (tertiary/aromatic N) is 1. The minimum absolute atomic E-state index is 0.239. The largest absolute Gasteiger partial charge is 0.368 e. The van der Waals surface area contributed by atoms with Crippen LogP contribution >= 0.6 is 0 Å². The summed E-state index contributed by atoms with van der Waals surface area (Å²) in [6.45, 7) is 9.53. The molecule has 1 heterocycles. The van der Waals surface area contributed by atoms with Crippen LogP contribution in [0.4, 0.5) is 0 Å². The number of primary amides is 1. The zero-order valence-electron chi connectivity index (χ0n) is 11.5. The zero-order valence-corrected chi connectivity index (χ0v) is 11.5. The molecular weight excluding hydrogens is 214 g/mol. The van der Waals surface area contributed by atoms with Gasteiger partial charge in [-0.25, -0.2) is 0 Å². The summed E-state index contributed by atoms with van der Waals surface area (Å²) >= 11 is 0. The van der Waals surface area contributed by atoms with Crippen molar-refractivity contribution < 1.29 is 4.79 Å². The summed E-state index contributed by atoms with van der Waals surface area (Å²) in [4.78, 5) is 13.9. The van der Waals surface area contributed by atoms with E-state index in [0.717, 1.165) is 32.4 Å². The maximum absolute atomic E-state index is 11.5. The smallest absolute Gasteiger partial charge is 0.237 e. The van der Waals surface area contributed by atoms with Crippen LogP contribution in [0.25, 0.3) is 0 Å². The summed E-state index contributed by atoms with van der Waals surface area (Å²) in [6.07, 6.45) is 4.19. The van der Waals surface area contributed by atoms with Crippen LogP contribution in [0.5, 0.6) is 0 Å². The van der Waals surface area contributed by atoms with Crippen molar-refractivity contribution in [3.63, 3.8) is 0 Å². The Balaban J connectivity index is 2.53. The van der Waals surface area contributed by atoms with E-state index < -0.39 is 5.54 Å². The Morgan fingerprint density at radius 2 is 2.12 bits per heavy atom. The van der Waals surface area contributed by atoms with Crippen LogP contribution < -0.4 is 11.1 Å². The molecule has 0 aliphatic carbocycles. The molecule has 2 atom stereocenters. The van der Waals surface area contributed by atoms with Crippen molar-refractivity contribution >= 4 is 5.91 Å². The third-order valence-electron chi connectivity index (χ3n) is 4.04. The minimum Gasteiger partial charge on any atom is -0.368 e. The van der Waals surface area contributed by atoms with Gasteiger partial charge in [-0.05, 0) is 52.2 Å². The molecule has 0 radical (unpaired) electrons. The van der Waals surface area contributed by atoms with Gasteiger partial charge >= 0.3 is 0 Å². The second-order valence-corrected chi connectivity index (χ2v) is 5.26. The van der Waals surface area contributed by atoms with Crippen LogP contribution in [0.15, 0.2) is 0 Å². The van der Waals surface area contributed by atoms with Gasteiger partial charge in [0.25, 0.3) is 0 Å². The lowest BCUT2D eigenvalue weighted by Crippen LogP contribution is -2.56. The Morgan fingerprint density at radius 3 is 2.65 bits per heavy atom. The lowest BCUT2D eigenvalue weighted by Gasteiger charge is -2.31. The van der Waals surface area contributed by atoms with Crippen molar-refractivity contribution in [2.24, 2.45) is 5.73 Å². The molecule has 4 heteroatoms. The number of rotatable bonds is 5. The maximum atomic E-state index is 11.5. The number of likely N-dealkylation sites (tertiary alicyclic amines) is 1. The SMILES string of the molecule is CCN1CCCC(NC(C)(CC)C(N)=O)CC1. The molecular formula is C13H27N3O. The van der Waals surface area contributed by atoms with E-state index in [4.69, 9.17) is 5.73 Å². The highest BCUT2D eigenvalue weighted by molar-refractivity contribution is 5.84. The van der Waals surface area contributed by atoms with Gasteiger partial charge in [-0.2, -0.15) is 0 Å². The van der Waals surface area contributed by atoms with E-state index in [2.05, 4.69) is 17.1 Å². The van der Waals surface area contributed by atoms with E-state index in [0.29, 0.717) is 6.04 Å². The Labute approximate surface area is 105 Å². The van der Waals surface area contributed by atoms with E-state index in [1.54, 1.807) is 0 Å². The van der Waals surface area contributed by atoms with Gasteiger partial charge in [-0.15, -0.1) is 0 Å². The van der Waals surface area contributed by atoms with E-state index in [9.17, 15) is 4.79 Å². The second-order valence-electron chi connectivity index (χ2n) is 5.26. The summed E-state index contributed by atoms with van der Waals surface area (Å²) in [5.74, 6) is -0.239. The summed E-state index contributed by atoms with van der Waals surface area (Å²) in [7, 11) is 0. The van der Waals surface area contributed by atoms with Crippen molar-refractivity contribution in [1.29, 1.82) is 0 Å². The van der Waals surface area contributed by atoms with Crippen molar-refractivity contribution in [1.82, 2.24) is 10.2 Å². The molecule has 0 bridgehead atoms. The number of carbonyl (C=O) groups is 1. The van der Waals surface area contributed by atoms with Gasteiger partial charge in [0, 0.05) is 6.04 Å². The fourth-order valence-corrected chi connectivity index (χ4v) is 2.41.